The second kappa shape index (κ2) is 11.7. The number of rotatable bonds is 11. The Kier molecular flexibility index (Phi) is 8.45. The maximum Gasteiger partial charge on any atom is 0.238 e. The number of carbonyl (C=O) groups is 1. The Hall–Kier alpha value is -3.14. The number of carbonyl (C=O) groups excluding carboxylic acids is 1. The zero-order valence-corrected chi connectivity index (χ0v) is 22.5. The molecule has 36 heavy (non-hydrogen) atoms. The fourth-order valence-corrected chi connectivity index (χ4v) is 4.85. The van der Waals surface area contributed by atoms with Crippen LogP contribution in [-0.2, 0) is 16.3 Å². The minimum absolute atomic E-state index is 0.0476. The van der Waals surface area contributed by atoms with E-state index < -0.39 is 8.07 Å². The standard InChI is InChI=1S/C27H37N5O3Si/c1-36(2,3)17-16-34-20-32-26(12-13-29-32)21-6-8-22(9-7-21)35-23-10-11-25(24(28)18-23)30-27(33)19-31-14-4-5-15-31/h6-13,18H,4-5,14-17,19-20,28H2,1-3H3,(H,30,33). The molecule has 1 amide bonds. The molecule has 0 radical (unpaired) electrons. The van der Waals surface area contributed by atoms with E-state index in [1.165, 1.54) is 0 Å². The molecule has 1 aliphatic heterocycles. The van der Waals surface area contributed by atoms with Crippen LogP contribution in [0.25, 0.3) is 11.3 Å². The number of nitrogens with zero attached hydrogens (tertiary/aromatic N) is 3. The van der Waals surface area contributed by atoms with Gasteiger partial charge in [0.1, 0.15) is 18.2 Å². The van der Waals surface area contributed by atoms with Crippen molar-refractivity contribution in [3.05, 3.63) is 54.7 Å². The first kappa shape index (κ1) is 25.9. The van der Waals surface area contributed by atoms with E-state index in [0.29, 0.717) is 36.1 Å². The van der Waals surface area contributed by atoms with Crippen LogP contribution in [0, 0.1) is 0 Å². The fraction of sp³-hybridized carbons (Fsp3) is 0.407. The quantitative estimate of drug-likeness (QED) is 0.209. The minimum Gasteiger partial charge on any atom is -0.457 e. The van der Waals surface area contributed by atoms with Crippen LogP contribution in [0.5, 0.6) is 11.5 Å². The molecule has 0 saturated carbocycles. The maximum atomic E-state index is 12.3. The van der Waals surface area contributed by atoms with E-state index in [-0.39, 0.29) is 5.91 Å². The summed E-state index contributed by atoms with van der Waals surface area (Å²) in [7, 11) is -1.11. The summed E-state index contributed by atoms with van der Waals surface area (Å²) in [5, 5.41) is 7.31. The molecule has 0 atom stereocenters. The number of hydrogen-bond acceptors (Lipinski definition) is 6. The third kappa shape index (κ3) is 7.43. The van der Waals surface area contributed by atoms with Gasteiger partial charge >= 0.3 is 0 Å². The Morgan fingerprint density at radius 3 is 2.47 bits per heavy atom. The van der Waals surface area contributed by atoms with Crippen LogP contribution in [0.3, 0.4) is 0 Å². The Balaban J connectivity index is 1.32. The van der Waals surface area contributed by atoms with Gasteiger partial charge in [0.15, 0.2) is 0 Å². The zero-order chi connectivity index (χ0) is 25.5. The van der Waals surface area contributed by atoms with E-state index in [4.69, 9.17) is 15.2 Å². The number of ether oxygens (including phenoxy) is 2. The average Bonchev–Trinajstić information content (AvgIpc) is 3.51. The number of aromatic nitrogens is 2. The Morgan fingerprint density at radius 2 is 1.78 bits per heavy atom. The van der Waals surface area contributed by atoms with Gasteiger partial charge in [-0.25, -0.2) is 4.68 Å². The van der Waals surface area contributed by atoms with E-state index in [0.717, 1.165) is 49.8 Å². The van der Waals surface area contributed by atoms with Gasteiger partial charge in [-0.05, 0) is 74.4 Å². The van der Waals surface area contributed by atoms with Gasteiger partial charge in [0, 0.05) is 32.5 Å². The number of benzene rings is 2. The first-order valence-electron chi connectivity index (χ1n) is 12.6. The van der Waals surface area contributed by atoms with Gasteiger partial charge in [0.25, 0.3) is 0 Å². The highest BCUT2D eigenvalue weighted by Gasteiger charge is 2.16. The Morgan fingerprint density at radius 1 is 1.06 bits per heavy atom. The second-order valence-electron chi connectivity index (χ2n) is 10.5. The topological polar surface area (TPSA) is 94.6 Å². The molecular weight excluding hydrogens is 470 g/mol. The molecular formula is C27H37N5O3Si. The fourth-order valence-electron chi connectivity index (χ4n) is 4.09. The van der Waals surface area contributed by atoms with Gasteiger partial charge in [-0.2, -0.15) is 5.10 Å². The number of amides is 1. The normalized spacial score (nSPS) is 14.2. The molecule has 1 saturated heterocycles. The van der Waals surface area contributed by atoms with Crippen LogP contribution < -0.4 is 15.8 Å². The van der Waals surface area contributed by atoms with Crippen molar-refractivity contribution >= 4 is 25.4 Å². The van der Waals surface area contributed by atoms with Crippen LogP contribution >= 0.6 is 0 Å². The zero-order valence-electron chi connectivity index (χ0n) is 21.5. The van der Waals surface area contributed by atoms with Crippen LogP contribution in [0.15, 0.2) is 54.7 Å². The van der Waals surface area contributed by atoms with Crippen molar-refractivity contribution in [2.45, 2.75) is 45.3 Å². The highest BCUT2D eigenvalue weighted by Crippen LogP contribution is 2.30. The van der Waals surface area contributed by atoms with Gasteiger partial charge < -0.3 is 20.5 Å². The minimum atomic E-state index is -1.11. The predicted molar refractivity (Wildman–Crippen MR) is 147 cm³/mol. The molecule has 2 heterocycles. The summed E-state index contributed by atoms with van der Waals surface area (Å²) in [6.07, 6.45) is 4.09. The summed E-state index contributed by atoms with van der Waals surface area (Å²) in [6, 6.07) is 16.3. The molecule has 1 fully saturated rings. The third-order valence-electron chi connectivity index (χ3n) is 6.18. The monoisotopic (exact) mass is 507 g/mol. The van der Waals surface area contributed by atoms with Crippen molar-refractivity contribution in [3.8, 4) is 22.8 Å². The summed E-state index contributed by atoms with van der Waals surface area (Å²) >= 11 is 0. The van der Waals surface area contributed by atoms with Gasteiger partial charge in [-0.1, -0.05) is 19.6 Å². The van der Waals surface area contributed by atoms with E-state index in [2.05, 4.69) is 35.0 Å². The molecule has 0 aliphatic carbocycles. The maximum absolute atomic E-state index is 12.3. The molecule has 2 aromatic carbocycles. The molecule has 4 rings (SSSR count). The highest BCUT2D eigenvalue weighted by atomic mass is 28.3. The van der Waals surface area contributed by atoms with Crippen molar-refractivity contribution in [1.82, 2.24) is 14.7 Å². The lowest BCUT2D eigenvalue weighted by molar-refractivity contribution is -0.117. The van der Waals surface area contributed by atoms with Gasteiger partial charge in [0.2, 0.25) is 5.91 Å². The van der Waals surface area contributed by atoms with E-state index in [9.17, 15) is 4.79 Å². The smallest absolute Gasteiger partial charge is 0.238 e. The lowest BCUT2D eigenvalue weighted by Gasteiger charge is -2.16. The van der Waals surface area contributed by atoms with E-state index in [1.54, 1.807) is 18.3 Å². The molecule has 1 aromatic heterocycles. The van der Waals surface area contributed by atoms with Crippen molar-refractivity contribution < 1.29 is 14.3 Å². The number of hydrogen-bond donors (Lipinski definition) is 2. The summed E-state index contributed by atoms with van der Waals surface area (Å²) < 4.78 is 13.7. The number of likely N-dealkylation sites (tertiary alicyclic amines) is 1. The lowest BCUT2D eigenvalue weighted by Crippen LogP contribution is -2.31. The van der Waals surface area contributed by atoms with E-state index in [1.807, 2.05) is 41.1 Å². The number of nitrogens with two attached hydrogens (primary N) is 1. The summed E-state index contributed by atoms with van der Waals surface area (Å²) in [5.74, 6) is 1.26. The van der Waals surface area contributed by atoms with Crippen molar-refractivity contribution in [2.75, 3.05) is 37.3 Å². The van der Waals surface area contributed by atoms with Gasteiger partial charge in [-0.15, -0.1) is 0 Å². The average molecular weight is 508 g/mol. The van der Waals surface area contributed by atoms with Crippen molar-refractivity contribution in [1.29, 1.82) is 0 Å². The highest BCUT2D eigenvalue weighted by molar-refractivity contribution is 6.76. The molecule has 9 heteroatoms. The van der Waals surface area contributed by atoms with Crippen molar-refractivity contribution in [2.24, 2.45) is 0 Å². The molecule has 8 nitrogen and oxygen atoms in total. The van der Waals surface area contributed by atoms with Crippen LogP contribution in [-0.4, -0.2) is 54.9 Å². The van der Waals surface area contributed by atoms with Crippen LogP contribution in [0.2, 0.25) is 25.7 Å². The van der Waals surface area contributed by atoms with Gasteiger partial charge in [-0.3, -0.25) is 9.69 Å². The second-order valence-corrected chi connectivity index (χ2v) is 16.1. The van der Waals surface area contributed by atoms with Crippen molar-refractivity contribution in [3.63, 3.8) is 0 Å². The van der Waals surface area contributed by atoms with E-state index >= 15 is 0 Å². The summed E-state index contributed by atoms with van der Waals surface area (Å²) in [5.41, 5.74) is 9.28. The van der Waals surface area contributed by atoms with Crippen LogP contribution in [0.1, 0.15) is 12.8 Å². The molecule has 0 spiro atoms. The Labute approximate surface area is 214 Å². The molecule has 3 aromatic rings. The number of nitrogens with one attached hydrogen (secondary N) is 1. The van der Waals surface area contributed by atoms with Crippen LogP contribution in [0.4, 0.5) is 11.4 Å². The lowest BCUT2D eigenvalue weighted by atomic mass is 10.1. The first-order valence-corrected chi connectivity index (χ1v) is 16.3. The largest absolute Gasteiger partial charge is 0.457 e. The molecule has 0 unspecified atom stereocenters. The molecule has 3 N–H and O–H groups in total. The molecule has 192 valence electrons. The molecule has 1 aliphatic rings. The summed E-state index contributed by atoms with van der Waals surface area (Å²) in [4.78, 5) is 14.5. The molecule has 0 bridgehead atoms. The first-order chi connectivity index (χ1) is 17.3. The predicted octanol–water partition coefficient (Wildman–Crippen LogP) is 5.27. The number of nitrogen functional groups attached to an aromatic ring is 1. The third-order valence-corrected chi connectivity index (χ3v) is 7.88. The Bertz CT molecular complexity index is 1150. The SMILES string of the molecule is C[Si](C)(C)CCOCn1nccc1-c1ccc(Oc2ccc(NC(=O)CN3CCCC3)c(N)c2)cc1. The number of anilines is 2. The summed E-state index contributed by atoms with van der Waals surface area (Å²) in [6.45, 7) is 10.6. The van der Waals surface area contributed by atoms with Gasteiger partial charge in [0.05, 0.1) is 23.6 Å².